The van der Waals surface area contributed by atoms with Crippen LogP contribution in [-0.4, -0.2) is 0 Å². The van der Waals surface area contributed by atoms with E-state index in [0.717, 1.165) is 5.56 Å². The van der Waals surface area contributed by atoms with Gasteiger partial charge in [0.05, 0.1) is 17.0 Å². The molecule has 0 bridgehead atoms. The third kappa shape index (κ3) is 3.64. The van der Waals surface area contributed by atoms with Crippen molar-refractivity contribution in [3.05, 3.63) is 58.7 Å². The van der Waals surface area contributed by atoms with Gasteiger partial charge in [-0.15, -0.1) is 0 Å². The standard InChI is InChI=1S/C14H7F7N2S/c1-6-2-4-7(5-3-6)22-24-23-13-11(17)9(15)8(14(19,20)21)10(16)12(13)18/h2-5H,1H3. The Morgan fingerprint density at radius 1 is 0.792 bits per heavy atom. The lowest BCUT2D eigenvalue weighted by Crippen LogP contribution is -2.14. The van der Waals surface area contributed by atoms with Gasteiger partial charge in [-0.1, -0.05) is 17.7 Å². The summed E-state index contributed by atoms with van der Waals surface area (Å²) in [6.45, 7) is 1.81. The molecule has 24 heavy (non-hydrogen) atoms. The quantitative estimate of drug-likeness (QED) is 0.460. The molecule has 0 N–H and O–H groups in total. The van der Waals surface area contributed by atoms with Crippen LogP contribution in [0.2, 0.25) is 0 Å². The molecule has 0 saturated carbocycles. The number of aryl methyl sites for hydroxylation is 1. The van der Waals surface area contributed by atoms with Crippen molar-refractivity contribution < 1.29 is 30.7 Å². The minimum absolute atomic E-state index is 0.180. The molecule has 0 fully saturated rings. The summed E-state index contributed by atoms with van der Waals surface area (Å²) in [6, 6.07) is 6.44. The first-order valence-electron chi connectivity index (χ1n) is 6.21. The zero-order valence-electron chi connectivity index (χ0n) is 11.8. The summed E-state index contributed by atoms with van der Waals surface area (Å²) in [5.41, 5.74) is -2.90. The van der Waals surface area contributed by atoms with Crippen molar-refractivity contribution >= 4 is 22.7 Å². The van der Waals surface area contributed by atoms with Crippen LogP contribution in [0.15, 0.2) is 33.0 Å². The summed E-state index contributed by atoms with van der Waals surface area (Å²) in [4.78, 5) is 0. The second-order valence-corrected chi connectivity index (χ2v) is 5.11. The first-order valence-corrected chi connectivity index (χ1v) is 6.94. The van der Waals surface area contributed by atoms with Gasteiger partial charge in [0.1, 0.15) is 5.56 Å². The normalized spacial score (nSPS) is 11.3. The highest BCUT2D eigenvalue weighted by Gasteiger charge is 2.42. The van der Waals surface area contributed by atoms with E-state index in [9.17, 15) is 30.7 Å². The molecule has 2 rings (SSSR count). The van der Waals surface area contributed by atoms with E-state index in [2.05, 4.69) is 8.73 Å². The summed E-state index contributed by atoms with van der Waals surface area (Å²) < 4.78 is 98.1. The smallest absolute Gasteiger partial charge is 0.203 e. The Bertz CT molecular complexity index is 809. The van der Waals surface area contributed by atoms with Crippen molar-refractivity contribution in [2.75, 3.05) is 0 Å². The summed E-state index contributed by atoms with van der Waals surface area (Å²) in [7, 11) is 0. The van der Waals surface area contributed by atoms with E-state index >= 15 is 0 Å². The summed E-state index contributed by atoms with van der Waals surface area (Å²) >= 11 is 0.180. The van der Waals surface area contributed by atoms with Crippen LogP contribution in [-0.2, 0) is 17.5 Å². The minimum Gasteiger partial charge on any atom is -0.203 e. The Morgan fingerprint density at radius 3 is 1.75 bits per heavy atom. The molecule has 2 aromatic rings. The van der Waals surface area contributed by atoms with E-state index < -0.39 is 40.7 Å². The lowest BCUT2D eigenvalue weighted by atomic mass is 10.1. The van der Waals surface area contributed by atoms with E-state index in [4.69, 9.17) is 0 Å². The van der Waals surface area contributed by atoms with Gasteiger partial charge in [-0.05, 0) is 19.1 Å². The Kier molecular flexibility index (Phi) is 5.07. The van der Waals surface area contributed by atoms with Gasteiger partial charge >= 0.3 is 6.18 Å². The molecule has 0 aromatic heterocycles. The largest absolute Gasteiger partial charge is 0.422 e. The molecule has 2 aromatic carbocycles. The molecule has 0 spiro atoms. The van der Waals surface area contributed by atoms with Crippen molar-refractivity contribution in [1.29, 1.82) is 0 Å². The molecule has 0 radical (unpaired) electrons. The van der Waals surface area contributed by atoms with Crippen LogP contribution in [0, 0.1) is 30.2 Å². The van der Waals surface area contributed by atoms with E-state index in [0.29, 0.717) is 5.69 Å². The van der Waals surface area contributed by atoms with Crippen LogP contribution in [0.3, 0.4) is 0 Å². The molecule has 10 heteroatoms. The molecule has 0 saturated heterocycles. The fourth-order valence-electron chi connectivity index (χ4n) is 1.66. The second kappa shape index (κ2) is 6.71. The molecule has 0 unspecified atom stereocenters. The highest BCUT2D eigenvalue weighted by Crippen LogP contribution is 2.39. The first kappa shape index (κ1) is 18.1. The molecule has 0 amide bonds. The van der Waals surface area contributed by atoms with Crippen LogP contribution in [0.1, 0.15) is 11.1 Å². The van der Waals surface area contributed by atoms with E-state index in [1.54, 1.807) is 31.2 Å². The predicted octanol–water partition coefficient (Wildman–Crippen LogP) is 5.98. The van der Waals surface area contributed by atoms with Crippen molar-refractivity contribution in [2.45, 2.75) is 13.1 Å². The zero-order chi connectivity index (χ0) is 18.1. The van der Waals surface area contributed by atoms with Crippen LogP contribution in [0.4, 0.5) is 42.1 Å². The number of hydrogen-bond acceptors (Lipinski definition) is 2. The molecular weight excluding hydrogens is 361 g/mol. The molecule has 0 aliphatic carbocycles. The van der Waals surface area contributed by atoms with Gasteiger partial charge < -0.3 is 0 Å². The van der Waals surface area contributed by atoms with Crippen molar-refractivity contribution in [3.63, 3.8) is 0 Å². The lowest BCUT2D eigenvalue weighted by Gasteiger charge is -2.11. The Morgan fingerprint density at radius 2 is 1.29 bits per heavy atom. The van der Waals surface area contributed by atoms with Gasteiger partial charge in [0.2, 0.25) is 0 Å². The maximum Gasteiger partial charge on any atom is 0.422 e. The van der Waals surface area contributed by atoms with Crippen LogP contribution in [0.5, 0.6) is 0 Å². The van der Waals surface area contributed by atoms with Gasteiger partial charge in [0, 0.05) is 0 Å². The SMILES string of the molecule is Cc1ccc(N=S=Nc2c(F)c(F)c(C(F)(F)F)c(F)c2F)cc1. The number of nitrogens with zero attached hydrogens (tertiary/aromatic N) is 2. The number of rotatable bonds is 2. The van der Waals surface area contributed by atoms with Crippen LogP contribution >= 0.6 is 0 Å². The first-order chi connectivity index (χ1) is 11.1. The van der Waals surface area contributed by atoms with Gasteiger partial charge in [0.25, 0.3) is 0 Å². The second-order valence-electron chi connectivity index (χ2n) is 4.58. The number of hydrogen-bond donors (Lipinski definition) is 0. The molecule has 128 valence electrons. The third-order valence-corrected chi connectivity index (χ3v) is 3.39. The minimum atomic E-state index is -5.59. The maximum atomic E-state index is 13.6. The molecule has 2 nitrogen and oxygen atoms in total. The number of benzene rings is 2. The van der Waals surface area contributed by atoms with Crippen LogP contribution < -0.4 is 0 Å². The average molecular weight is 368 g/mol. The fourth-order valence-corrected chi connectivity index (χ4v) is 2.16. The summed E-state index contributed by atoms with van der Waals surface area (Å²) in [5, 5.41) is 0. The molecule has 0 atom stereocenters. The zero-order valence-corrected chi connectivity index (χ0v) is 12.6. The van der Waals surface area contributed by atoms with Crippen LogP contribution in [0.25, 0.3) is 0 Å². The van der Waals surface area contributed by atoms with Gasteiger partial charge in [-0.3, -0.25) is 0 Å². The Hall–Kier alpha value is -2.23. The lowest BCUT2D eigenvalue weighted by molar-refractivity contribution is -0.143. The topological polar surface area (TPSA) is 24.7 Å². The Labute approximate surface area is 134 Å². The van der Waals surface area contributed by atoms with Crippen molar-refractivity contribution in [1.82, 2.24) is 0 Å². The monoisotopic (exact) mass is 368 g/mol. The maximum absolute atomic E-state index is 13.6. The van der Waals surface area contributed by atoms with E-state index in [1.165, 1.54) is 0 Å². The molecule has 0 heterocycles. The van der Waals surface area contributed by atoms with Crippen molar-refractivity contribution in [2.24, 2.45) is 8.73 Å². The number of alkyl halides is 3. The summed E-state index contributed by atoms with van der Waals surface area (Å²) in [5.74, 6) is -9.60. The third-order valence-electron chi connectivity index (χ3n) is 2.84. The average Bonchev–Trinajstić information content (AvgIpc) is 2.49. The van der Waals surface area contributed by atoms with E-state index in [1.807, 2.05) is 0 Å². The fraction of sp³-hybridized carbons (Fsp3) is 0.143. The van der Waals surface area contributed by atoms with Gasteiger partial charge in [-0.25, -0.2) is 17.6 Å². The number of halogens is 7. The molecule has 0 aliphatic heterocycles. The predicted molar refractivity (Wildman–Crippen MR) is 74.0 cm³/mol. The van der Waals surface area contributed by atoms with Gasteiger partial charge in [-0.2, -0.15) is 21.9 Å². The molecular formula is C14H7F7N2S. The molecule has 0 aliphatic rings. The highest BCUT2D eigenvalue weighted by atomic mass is 32.1. The Balaban J connectivity index is 2.52. The van der Waals surface area contributed by atoms with Crippen molar-refractivity contribution in [3.8, 4) is 0 Å². The van der Waals surface area contributed by atoms with Gasteiger partial charge in [0.15, 0.2) is 29.0 Å². The van der Waals surface area contributed by atoms with E-state index in [-0.39, 0.29) is 11.4 Å². The highest BCUT2D eigenvalue weighted by molar-refractivity contribution is 7.57. The summed E-state index contributed by atoms with van der Waals surface area (Å²) in [6.07, 6.45) is -5.59.